The van der Waals surface area contributed by atoms with E-state index in [1.165, 1.54) is 12.1 Å². The lowest BCUT2D eigenvalue weighted by atomic mass is 9.94. The summed E-state index contributed by atoms with van der Waals surface area (Å²) in [5.74, 6) is 0.400. The zero-order valence-corrected chi connectivity index (χ0v) is 16.2. The van der Waals surface area contributed by atoms with Gasteiger partial charge in [0.25, 0.3) is 5.56 Å². The number of halogens is 1. The molecule has 146 valence electrons. The Bertz CT molecular complexity index is 1060. The van der Waals surface area contributed by atoms with E-state index >= 15 is 0 Å². The van der Waals surface area contributed by atoms with Crippen LogP contribution in [0.4, 0.5) is 4.39 Å². The molecule has 4 rings (SSSR count). The molecule has 1 aromatic heterocycles. The summed E-state index contributed by atoms with van der Waals surface area (Å²) in [6.07, 6.45) is 0. The molecule has 2 atom stereocenters. The zero-order chi connectivity index (χ0) is 19.8. The first-order valence-corrected chi connectivity index (χ1v) is 9.27. The molecule has 28 heavy (non-hydrogen) atoms. The van der Waals surface area contributed by atoms with Crippen LogP contribution in [-0.2, 0) is 11.3 Å². The molecule has 0 fully saturated rings. The molecule has 0 saturated carbocycles. The second-order valence-electron chi connectivity index (χ2n) is 7.18. The van der Waals surface area contributed by atoms with Crippen molar-refractivity contribution in [2.75, 3.05) is 20.8 Å². The fourth-order valence-electron chi connectivity index (χ4n) is 3.93. The standard InChI is InChI=1S/C22H23FN2O3/c1-13(14-4-7-16(27-3)8-5-14)25(2)20-12-28-11-19-21(20)17-9-6-15(23)10-18(17)22(26)24-19/h4-10,13,20H,11-12H2,1-3H3,(H,24,26)/t13?,20-/m1/s1. The van der Waals surface area contributed by atoms with Gasteiger partial charge >= 0.3 is 0 Å². The van der Waals surface area contributed by atoms with Gasteiger partial charge < -0.3 is 14.5 Å². The van der Waals surface area contributed by atoms with Crippen LogP contribution in [0.15, 0.2) is 47.3 Å². The molecule has 0 amide bonds. The molecule has 2 heterocycles. The summed E-state index contributed by atoms with van der Waals surface area (Å²) in [6, 6.07) is 12.4. The molecule has 3 aromatic rings. The third kappa shape index (κ3) is 3.19. The number of rotatable bonds is 4. The predicted octanol–water partition coefficient (Wildman–Crippen LogP) is 3.94. The molecule has 6 heteroatoms. The van der Waals surface area contributed by atoms with E-state index in [2.05, 4.69) is 16.8 Å². The molecule has 0 saturated heterocycles. The van der Waals surface area contributed by atoms with Crippen molar-refractivity contribution in [3.63, 3.8) is 0 Å². The Morgan fingerprint density at radius 2 is 1.96 bits per heavy atom. The molecule has 0 aliphatic carbocycles. The van der Waals surface area contributed by atoms with E-state index in [-0.39, 0.29) is 17.6 Å². The zero-order valence-electron chi connectivity index (χ0n) is 16.2. The van der Waals surface area contributed by atoms with Crippen LogP contribution in [0, 0.1) is 5.82 Å². The van der Waals surface area contributed by atoms with Crippen molar-refractivity contribution >= 4 is 10.8 Å². The first kappa shape index (κ1) is 18.7. The fraction of sp³-hybridized carbons (Fsp3) is 0.318. The van der Waals surface area contributed by atoms with Gasteiger partial charge in [-0.05, 0) is 49.2 Å². The summed E-state index contributed by atoms with van der Waals surface area (Å²) in [5, 5.41) is 1.15. The number of fused-ring (bicyclic) bond motifs is 3. The van der Waals surface area contributed by atoms with Crippen LogP contribution < -0.4 is 10.3 Å². The van der Waals surface area contributed by atoms with Crippen molar-refractivity contribution in [3.8, 4) is 5.75 Å². The lowest BCUT2D eigenvalue weighted by Gasteiger charge is -2.37. The highest BCUT2D eigenvalue weighted by Gasteiger charge is 2.30. The van der Waals surface area contributed by atoms with E-state index in [4.69, 9.17) is 9.47 Å². The molecular formula is C22H23FN2O3. The van der Waals surface area contributed by atoms with Crippen molar-refractivity contribution in [2.24, 2.45) is 0 Å². The predicted molar refractivity (Wildman–Crippen MR) is 106 cm³/mol. The molecule has 1 unspecified atom stereocenters. The first-order chi connectivity index (χ1) is 13.5. The quantitative estimate of drug-likeness (QED) is 0.743. The Balaban J connectivity index is 1.76. The molecule has 1 N–H and O–H groups in total. The van der Waals surface area contributed by atoms with Gasteiger partial charge in [0.05, 0.1) is 31.8 Å². The fourth-order valence-corrected chi connectivity index (χ4v) is 3.93. The molecule has 0 spiro atoms. The molecular weight excluding hydrogens is 359 g/mol. The largest absolute Gasteiger partial charge is 0.497 e. The number of hydrogen-bond acceptors (Lipinski definition) is 4. The van der Waals surface area contributed by atoms with Crippen molar-refractivity contribution in [3.05, 3.63) is 75.5 Å². The van der Waals surface area contributed by atoms with Crippen molar-refractivity contribution in [1.29, 1.82) is 0 Å². The normalized spacial score (nSPS) is 17.5. The highest BCUT2D eigenvalue weighted by atomic mass is 19.1. The van der Waals surface area contributed by atoms with E-state index in [1.807, 2.05) is 31.3 Å². The van der Waals surface area contributed by atoms with Crippen LogP contribution in [0.5, 0.6) is 5.75 Å². The number of H-pyrrole nitrogens is 1. The maximum atomic E-state index is 13.7. The molecule has 5 nitrogen and oxygen atoms in total. The van der Waals surface area contributed by atoms with Crippen molar-refractivity contribution in [2.45, 2.75) is 25.6 Å². The number of hydrogen-bond donors (Lipinski definition) is 1. The summed E-state index contributed by atoms with van der Waals surface area (Å²) >= 11 is 0. The van der Waals surface area contributed by atoms with Crippen LogP contribution in [0.3, 0.4) is 0 Å². The van der Waals surface area contributed by atoms with Crippen LogP contribution in [0.25, 0.3) is 10.8 Å². The summed E-state index contributed by atoms with van der Waals surface area (Å²) in [4.78, 5) is 17.5. The number of pyridine rings is 1. The third-order valence-electron chi connectivity index (χ3n) is 5.66. The Hall–Kier alpha value is -2.70. The van der Waals surface area contributed by atoms with E-state index in [0.29, 0.717) is 18.6 Å². The minimum Gasteiger partial charge on any atom is -0.497 e. The number of nitrogens with zero attached hydrogens (tertiary/aromatic N) is 1. The second-order valence-corrected chi connectivity index (χ2v) is 7.18. The number of likely N-dealkylation sites (N-methyl/N-ethyl adjacent to an activating group) is 1. The summed E-state index contributed by atoms with van der Waals surface area (Å²) in [7, 11) is 3.69. The summed E-state index contributed by atoms with van der Waals surface area (Å²) < 4.78 is 24.7. The van der Waals surface area contributed by atoms with E-state index in [9.17, 15) is 9.18 Å². The summed E-state index contributed by atoms with van der Waals surface area (Å²) in [5.41, 5.74) is 2.62. The van der Waals surface area contributed by atoms with Crippen LogP contribution in [0.1, 0.15) is 35.8 Å². The minimum absolute atomic E-state index is 0.0642. The van der Waals surface area contributed by atoms with E-state index in [1.54, 1.807) is 13.2 Å². The van der Waals surface area contributed by atoms with Gasteiger partial charge in [0.2, 0.25) is 0 Å². The van der Waals surface area contributed by atoms with Gasteiger partial charge in [-0.1, -0.05) is 18.2 Å². The molecule has 1 aliphatic heterocycles. The average Bonchev–Trinajstić information content (AvgIpc) is 2.72. The second kappa shape index (κ2) is 7.37. The van der Waals surface area contributed by atoms with E-state index < -0.39 is 5.82 Å². The maximum absolute atomic E-state index is 13.7. The van der Waals surface area contributed by atoms with Crippen molar-refractivity contribution < 1.29 is 13.9 Å². The number of aromatic nitrogens is 1. The van der Waals surface area contributed by atoms with Gasteiger partial charge in [-0.15, -0.1) is 0 Å². The van der Waals surface area contributed by atoms with Gasteiger partial charge in [0, 0.05) is 17.3 Å². The Labute approximate surface area is 162 Å². The molecule has 2 aromatic carbocycles. The van der Waals surface area contributed by atoms with E-state index in [0.717, 1.165) is 28.0 Å². The van der Waals surface area contributed by atoms with Gasteiger partial charge in [-0.3, -0.25) is 9.69 Å². The van der Waals surface area contributed by atoms with Gasteiger partial charge in [0.1, 0.15) is 11.6 Å². The number of aromatic amines is 1. The van der Waals surface area contributed by atoms with Crippen LogP contribution in [-0.4, -0.2) is 30.6 Å². The Morgan fingerprint density at radius 3 is 2.68 bits per heavy atom. The molecule has 0 radical (unpaired) electrons. The molecule has 0 bridgehead atoms. The lowest BCUT2D eigenvalue weighted by Crippen LogP contribution is -2.35. The third-order valence-corrected chi connectivity index (χ3v) is 5.66. The number of methoxy groups -OCH3 is 1. The van der Waals surface area contributed by atoms with Crippen LogP contribution in [0.2, 0.25) is 0 Å². The first-order valence-electron chi connectivity index (χ1n) is 9.27. The van der Waals surface area contributed by atoms with Gasteiger partial charge in [0.15, 0.2) is 0 Å². The Morgan fingerprint density at radius 1 is 1.21 bits per heavy atom. The molecule has 1 aliphatic rings. The average molecular weight is 382 g/mol. The monoisotopic (exact) mass is 382 g/mol. The Kier molecular flexibility index (Phi) is 4.91. The summed E-state index contributed by atoms with van der Waals surface area (Å²) in [6.45, 7) is 2.98. The smallest absolute Gasteiger partial charge is 0.256 e. The van der Waals surface area contributed by atoms with Gasteiger partial charge in [-0.2, -0.15) is 0 Å². The van der Waals surface area contributed by atoms with Crippen molar-refractivity contribution in [1.82, 2.24) is 9.88 Å². The SMILES string of the molecule is COc1ccc(C(C)N(C)[C@@H]2COCc3[nH]c(=O)c4cc(F)ccc4c32)cc1. The highest BCUT2D eigenvalue weighted by Crippen LogP contribution is 2.37. The highest BCUT2D eigenvalue weighted by molar-refractivity contribution is 5.86. The van der Waals surface area contributed by atoms with Gasteiger partial charge in [-0.25, -0.2) is 4.39 Å². The number of benzene rings is 2. The number of ether oxygens (including phenoxy) is 2. The minimum atomic E-state index is -0.415. The topological polar surface area (TPSA) is 54.6 Å². The number of nitrogens with one attached hydrogen (secondary N) is 1. The maximum Gasteiger partial charge on any atom is 0.256 e. The van der Waals surface area contributed by atoms with Crippen LogP contribution >= 0.6 is 0 Å². The lowest BCUT2D eigenvalue weighted by molar-refractivity contribution is 0.0272.